The number of carbonyl (C=O) groups excluding carboxylic acids is 1. The molecule has 0 radical (unpaired) electrons. The Labute approximate surface area is 184 Å². The molecule has 1 N–H and O–H groups in total. The number of ether oxygens (including phenoxy) is 1. The molecule has 0 aromatic heterocycles. The third kappa shape index (κ3) is 5.11. The van der Waals surface area contributed by atoms with Crippen LogP contribution in [0.3, 0.4) is 0 Å². The first-order valence-corrected chi connectivity index (χ1v) is 10.3. The van der Waals surface area contributed by atoms with E-state index in [0.29, 0.717) is 43.1 Å². The Morgan fingerprint density at radius 3 is 2.44 bits per heavy atom. The van der Waals surface area contributed by atoms with Crippen molar-refractivity contribution in [3.63, 3.8) is 0 Å². The minimum absolute atomic E-state index is 0.202. The largest absolute Gasteiger partial charge is 0.492 e. The minimum atomic E-state index is -1.47. The number of nitrogens with zero attached hydrogens (tertiary/aromatic N) is 1. The quantitative estimate of drug-likeness (QED) is 0.583. The molecule has 3 aromatic rings. The number of nitrogens with one attached hydrogen (secondary N) is 1. The lowest BCUT2D eigenvalue weighted by Crippen LogP contribution is -2.26. The second kappa shape index (κ2) is 9.44. The second-order valence-electron chi connectivity index (χ2n) is 7.92. The molecule has 1 heterocycles. The predicted molar refractivity (Wildman–Crippen MR) is 115 cm³/mol. The van der Waals surface area contributed by atoms with Crippen LogP contribution in [0, 0.1) is 24.4 Å². The highest BCUT2D eigenvalue weighted by atomic mass is 19.2. The molecule has 0 fully saturated rings. The molecule has 1 amide bonds. The second-order valence-corrected chi connectivity index (χ2v) is 7.92. The van der Waals surface area contributed by atoms with Crippen LogP contribution in [0.2, 0.25) is 0 Å². The van der Waals surface area contributed by atoms with E-state index >= 15 is 0 Å². The summed E-state index contributed by atoms with van der Waals surface area (Å²) in [5.41, 5.74) is 3.79. The van der Waals surface area contributed by atoms with Gasteiger partial charge in [-0.2, -0.15) is 0 Å². The Bertz CT molecular complexity index is 1110. The van der Waals surface area contributed by atoms with Gasteiger partial charge in [-0.15, -0.1) is 0 Å². The third-order valence-electron chi connectivity index (χ3n) is 5.41. The van der Waals surface area contributed by atoms with E-state index in [1.165, 1.54) is 0 Å². The fraction of sp³-hybridized carbons (Fsp3) is 0.240. The Hall–Kier alpha value is -3.32. The van der Waals surface area contributed by atoms with Gasteiger partial charge in [-0.3, -0.25) is 9.69 Å². The molecular formula is C25H23F3N2O2. The molecule has 32 heavy (non-hydrogen) atoms. The summed E-state index contributed by atoms with van der Waals surface area (Å²) in [6, 6.07) is 15.2. The van der Waals surface area contributed by atoms with Crippen LogP contribution in [0.5, 0.6) is 5.75 Å². The van der Waals surface area contributed by atoms with Crippen molar-refractivity contribution in [2.24, 2.45) is 0 Å². The lowest BCUT2D eigenvalue weighted by atomic mass is 10.1. The van der Waals surface area contributed by atoms with Gasteiger partial charge in [0.15, 0.2) is 17.5 Å². The van der Waals surface area contributed by atoms with Crippen molar-refractivity contribution in [2.45, 2.75) is 26.6 Å². The molecule has 0 bridgehead atoms. The van der Waals surface area contributed by atoms with Gasteiger partial charge in [-0.1, -0.05) is 29.8 Å². The summed E-state index contributed by atoms with van der Waals surface area (Å²) < 4.78 is 46.2. The molecule has 7 heteroatoms. The van der Waals surface area contributed by atoms with E-state index in [9.17, 15) is 18.0 Å². The van der Waals surface area contributed by atoms with Crippen LogP contribution in [-0.4, -0.2) is 24.0 Å². The average Bonchev–Trinajstić information content (AvgIpc) is 2.97. The number of halogens is 3. The van der Waals surface area contributed by atoms with Crippen molar-refractivity contribution >= 4 is 5.91 Å². The summed E-state index contributed by atoms with van der Waals surface area (Å²) in [6.45, 7) is 3.98. The molecule has 1 aliphatic heterocycles. The zero-order valence-corrected chi connectivity index (χ0v) is 17.6. The molecule has 0 atom stereocenters. The Kier molecular flexibility index (Phi) is 6.46. The molecule has 0 saturated heterocycles. The normalized spacial score (nSPS) is 13.8. The molecule has 0 aliphatic carbocycles. The number of amides is 1. The molecule has 0 saturated carbocycles. The van der Waals surface area contributed by atoms with E-state index in [-0.39, 0.29) is 12.5 Å². The summed E-state index contributed by atoms with van der Waals surface area (Å²) in [6.07, 6.45) is 0. The minimum Gasteiger partial charge on any atom is -0.492 e. The highest BCUT2D eigenvalue weighted by Gasteiger charge is 2.19. The third-order valence-corrected chi connectivity index (χ3v) is 5.41. The van der Waals surface area contributed by atoms with E-state index in [1.807, 2.05) is 36.1 Å². The van der Waals surface area contributed by atoms with Crippen molar-refractivity contribution in [3.05, 3.63) is 99.9 Å². The highest BCUT2D eigenvalue weighted by molar-refractivity contribution is 5.94. The first-order valence-electron chi connectivity index (χ1n) is 10.3. The zero-order chi connectivity index (χ0) is 22.7. The van der Waals surface area contributed by atoms with Crippen LogP contribution in [0.4, 0.5) is 13.2 Å². The molecule has 1 aliphatic rings. The standard InChI is InChI=1S/C25H23F3N2O2/c1-16-2-4-17(5-3-16)13-29-25(31)19-6-7-23-20(12-19)15-30(8-9-32-23)14-18-10-21(26)24(28)22(27)11-18/h2-7,10-12H,8-9,13-15H2,1H3,(H,29,31). The van der Waals surface area contributed by atoms with Gasteiger partial charge in [0.25, 0.3) is 5.91 Å². The lowest BCUT2D eigenvalue weighted by Gasteiger charge is -2.19. The molecule has 166 valence electrons. The smallest absolute Gasteiger partial charge is 0.251 e. The number of rotatable bonds is 5. The zero-order valence-electron chi connectivity index (χ0n) is 17.6. The summed E-state index contributed by atoms with van der Waals surface area (Å²) in [5, 5.41) is 2.91. The van der Waals surface area contributed by atoms with Crippen molar-refractivity contribution < 1.29 is 22.7 Å². The van der Waals surface area contributed by atoms with E-state index < -0.39 is 17.5 Å². The summed E-state index contributed by atoms with van der Waals surface area (Å²) >= 11 is 0. The average molecular weight is 440 g/mol. The monoisotopic (exact) mass is 440 g/mol. The van der Waals surface area contributed by atoms with E-state index in [1.54, 1.807) is 18.2 Å². The summed E-state index contributed by atoms with van der Waals surface area (Å²) in [7, 11) is 0. The first kappa shape index (κ1) is 21.9. The van der Waals surface area contributed by atoms with Crippen LogP contribution in [0.1, 0.15) is 32.6 Å². The van der Waals surface area contributed by atoms with Crippen molar-refractivity contribution in [3.8, 4) is 5.75 Å². The summed E-state index contributed by atoms with van der Waals surface area (Å²) in [4.78, 5) is 14.6. The number of hydrogen-bond acceptors (Lipinski definition) is 3. The van der Waals surface area contributed by atoms with Gasteiger partial charge in [0.05, 0.1) is 0 Å². The predicted octanol–water partition coefficient (Wildman–Crippen LogP) is 4.74. The molecule has 4 nitrogen and oxygen atoms in total. The SMILES string of the molecule is Cc1ccc(CNC(=O)c2ccc3c(c2)CN(Cc2cc(F)c(F)c(F)c2)CCO3)cc1. The van der Waals surface area contributed by atoms with Gasteiger partial charge >= 0.3 is 0 Å². The highest BCUT2D eigenvalue weighted by Crippen LogP contribution is 2.26. The molecular weight excluding hydrogens is 417 g/mol. The number of fused-ring (bicyclic) bond motifs is 1. The number of aryl methyl sites for hydroxylation is 1. The van der Waals surface area contributed by atoms with Crippen LogP contribution in [0.25, 0.3) is 0 Å². The summed E-state index contributed by atoms with van der Waals surface area (Å²) in [5.74, 6) is -3.43. The fourth-order valence-electron chi connectivity index (χ4n) is 3.67. The Morgan fingerprint density at radius 1 is 1.00 bits per heavy atom. The maximum absolute atomic E-state index is 13.6. The number of hydrogen-bond donors (Lipinski definition) is 1. The van der Waals surface area contributed by atoms with Crippen LogP contribution < -0.4 is 10.1 Å². The molecule has 0 spiro atoms. The maximum Gasteiger partial charge on any atom is 0.251 e. The Balaban J connectivity index is 1.45. The van der Waals surface area contributed by atoms with Crippen LogP contribution in [0.15, 0.2) is 54.6 Å². The van der Waals surface area contributed by atoms with Crippen molar-refractivity contribution in [2.75, 3.05) is 13.2 Å². The molecule has 0 unspecified atom stereocenters. The van der Waals surface area contributed by atoms with Gasteiger partial charge < -0.3 is 10.1 Å². The van der Waals surface area contributed by atoms with Gasteiger partial charge in [-0.25, -0.2) is 13.2 Å². The molecule has 3 aromatic carbocycles. The topological polar surface area (TPSA) is 41.6 Å². The van der Waals surface area contributed by atoms with E-state index in [4.69, 9.17) is 4.74 Å². The van der Waals surface area contributed by atoms with Crippen LogP contribution in [-0.2, 0) is 19.6 Å². The van der Waals surface area contributed by atoms with Crippen molar-refractivity contribution in [1.29, 1.82) is 0 Å². The molecule has 4 rings (SSSR count). The van der Waals surface area contributed by atoms with Gasteiger partial charge in [-0.05, 0) is 48.4 Å². The number of benzene rings is 3. The first-order chi connectivity index (χ1) is 15.4. The van der Waals surface area contributed by atoms with Gasteiger partial charge in [0.1, 0.15) is 12.4 Å². The Morgan fingerprint density at radius 2 is 1.72 bits per heavy atom. The lowest BCUT2D eigenvalue weighted by molar-refractivity contribution is 0.0950. The van der Waals surface area contributed by atoms with Gasteiger partial charge in [0.2, 0.25) is 0 Å². The van der Waals surface area contributed by atoms with Crippen molar-refractivity contribution in [1.82, 2.24) is 10.2 Å². The fourth-order valence-corrected chi connectivity index (χ4v) is 3.67. The van der Waals surface area contributed by atoms with Gasteiger partial charge in [0, 0.05) is 37.3 Å². The van der Waals surface area contributed by atoms with Crippen LogP contribution >= 0.6 is 0 Å². The maximum atomic E-state index is 13.6. The van der Waals surface area contributed by atoms with E-state index in [2.05, 4.69) is 5.32 Å². The number of carbonyl (C=O) groups is 1. The van der Waals surface area contributed by atoms with E-state index in [0.717, 1.165) is 28.8 Å².